The summed E-state index contributed by atoms with van der Waals surface area (Å²) in [7, 11) is 0. The van der Waals surface area contributed by atoms with E-state index in [0.29, 0.717) is 13.0 Å². The van der Waals surface area contributed by atoms with E-state index in [1.54, 1.807) is 0 Å². The average molecular weight is 488 g/mol. The van der Waals surface area contributed by atoms with E-state index in [-0.39, 0.29) is 29.7 Å². The first-order chi connectivity index (χ1) is 14.8. The molecule has 2 heterocycles. The van der Waals surface area contributed by atoms with Gasteiger partial charge in [-0.15, -0.1) is 0 Å². The number of fused-ring (bicyclic) bond motifs is 1. The van der Waals surface area contributed by atoms with Gasteiger partial charge < -0.3 is 5.32 Å². The maximum atomic E-state index is 14.6. The molecule has 2 aromatic rings. The van der Waals surface area contributed by atoms with Crippen LogP contribution in [0.5, 0.6) is 0 Å². The maximum Gasteiger partial charge on any atom is 0.264 e. The molecule has 160 valence electrons. The van der Waals surface area contributed by atoms with Crippen LogP contribution in [0.15, 0.2) is 34.8 Å². The molecule has 1 fully saturated rings. The molecule has 7 nitrogen and oxygen atoms in total. The highest BCUT2D eigenvalue weighted by Crippen LogP contribution is 2.34. The Kier molecular flexibility index (Phi) is 5.62. The van der Waals surface area contributed by atoms with Gasteiger partial charge in [0.1, 0.15) is 11.9 Å². The Hall–Kier alpha value is -3.07. The molecule has 4 rings (SSSR count). The van der Waals surface area contributed by atoms with Crippen molar-refractivity contribution in [1.82, 2.24) is 10.2 Å². The fourth-order valence-electron chi connectivity index (χ4n) is 3.83. The molecule has 0 radical (unpaired) electrons. The lowest BCUT2D eigenvalue weighted by atomic mass is 10.0. The summed E-state index contributed by atoms with van der Waals surface area (Å²) >= 11 is 3.48. The van der Waals surface area contributed by atoms with Crippen LogP contribution in [0.1, 0.15) is 44.7 Å². The van der Waals surface area contributed by atoms with Gasteiger partial charge in [0.2, 0.25) is 11.8 Å². The van der Waals surface area contributed by atoms with Crippen LogP contribution < -0.4 is 10.6 Å². The van der Waals surface area contributed by atoms with E-state index in [4.69, 9.17) is 0 Å². The second kappa shape index (κ2) is 8.22. The number of amides is 4. The number of piperidine rings is 1. The quantitative estimate of drug-likeness (QED) is 0.632. The summed E-state index contributed by atoms with van der Waals surface area (Å²) in [5.74, 6) is -3.22. The number of hydrogen-bond acceptors (Lipinski definition) is 5. The summed E-state index contributed by atoms with van der Waals surface area (Å²) in [6.07, 6.45) is 0.639. The molecule has 0 aliphatic carbocycles. The van der Waals surface area contributed by atoms with Crippen molar-refractivity contribution in [2.75, 3.05) is 11.9 Å². The van der Waals surface area contributed by atoms with Crippen LogP contribution >= 0.6 is 15.9 Å². The van der Waals surface area contributed by atoms with E-state index >= 15 is 0 Å². The Morgan fingerprint density at radius 2 is 1.94 bits per heavy atom. The summed E-state index contributed by atoms with van der Waals surface area (Å²) in [4.78, 5) is 50.3. The van der Waals surface area contributed by atoms with Gasteiger partial charge in [-0.05, 0) is 49.1 Å². The van der Waals surface area contributed by atoms with Gasteiger partial charge in [0, 0.05) is 17.4 Å². The molecule has 2 aromatic carbocycles. The zero-order chi connectivity index (χ0) is 22.3. The molecule has 0 bridgehead atoms. The molecule has 2 aliphatic heterocycles. The number of halogens is 2. The molecular formula is C22H19BrFN3O4. The predicted molar refractivity (Wildman–Crippen MR) is 114 cm³/mol. The molecule has 9 heteroatoms. The molecule has 1 unspecified atom stereocenters. The summed E-state index contributed by atoms with van der Waals surface area (Å²) in [6.45, 7) is 2.31. The summed E-state index contributed by atoms with van der Waals surface area (Å²) in [5, 5.41) is 5.09. The highest BCUT2D eigenvalue weighted by Gasteiger charge is 2.46. The number of rotatable bonds is 5. The van der Waals surface area contributed by atoms with Crippen molar-refractivity contribution in [3.8, 4) is 0 Å². The standard InChI is InChI=1S/C22H19BrFN3O4/c1-11-2-3-12(10-14(11)23)8-9-25-19-15(24)5-4-13-18(19)22(31)27(21(13)30)16-6-7-17(28)26-20(16)29/h2-5,10,16,25H,6-9H2,1H3,(H,26,28,29). The molecule has 2 aliphatic rings. The van der Waals surface area contributed by atoms with Crippen LogP contribution in [0.3, 0.4) is 0 Å². The van der Waals surface area contributed by atoms with E-state index in [0.717, 1.165) is 26.6 Å². The molecule has 0 aromatic heterocycles. The minimum Gasteiger partial charge on any atom is -0.382 e. The van der Waals surface area contributed by atoms with E-state index in [2.05, 4.69) is 26.6 Å². The maximum absolute atomic E-state index is 14.6. The number of carbonyl (C=O) groups is 4. The number of benzene rings is 2. The third kappa shape index (κ3) is 3.85. The zero-order valence-electron chi connectivity index (χ0n) is 16.6. The number of anilines is 1. The van der Waals surface area contributed by atoms with E-state index in [1.807, 2.05) is 25.1 Å². The highest BCUT2D eigenvalue weighted by atomic mass is 79.9. The largest absolute Gasteiger partial charge is 0.382 e. The van der Waals surface area contributed by atoms with Gasteiger partial charge in [-0.25, -0.2) is 4.39 Å². The minimum atomic E-state index is -1.09. The fraction of sp³-hybridized carbons (Fsp3) is 0.273. The second-order valence-electron chi connectivity index (χ2n) is 7.55. The number of hydrogen-bond donors (Lipinski definition) is 2. The van der Waals surface area contributed by atoms with Crippen molar-refractivity contribution in [3.63, 3.8) is 0 Å². The van der Waals surface area contributed by atoms with Gasteiger partial charge in [0.25, 0.3) is 11.8 Å². The Bertz CT molecular complexity index is 1130. The molecule has 0 spiro atoms. The topological polar surface area (TPSA) is 95.6 Å². The molecular weight excluding hydrogens is 469 g/mol. The van der Waals surface area contributed by atoms with Gasteiger partial charge in [0.15, 0.2) is 0 Å². The lowest BCUT2D eigenvalue weighted by molar-refractivity contribution is -0.136. The molecule has 1 saturated heterocycles. The first-order valence-electron chi connectivity index (χ1n) is 9.81. The van der Waals surface area contributed by atoms with Gasteiger partial charge in [-0.1, -0.05) is 28.1 Å². The van der Waals surface area contributed by atoms with E-state index in [1.165, 1.54) is 6.07 Å². The summed E-state index contributed by atoms with van der Waals surface area (Å²) in [6, 6.07) is 7.20. The Balaban J connectivity index is 1.57. The lowest BCUT2D eigenvalue weighted by Gasteiger charge is -2.27. The van der Waals surface area contributed by atoms with Crippen molar-refractivity contribution in [2.24, 2.45) is 0 Å². The Morgan fingerprint density at radius 3 is 2.65 bits per heavy atom. The normalized spacial score (nSPS) is 18.3. The summed E-state index contributed by atoms with van der Waals surface area (Å²) in [5.41, 5.74) is 2.01. The third-order valence-electron chi connectivity index (χ3n) is 5.51. The molecule has 0 saturated carbocycles. The number of carbonyl (C=O) groups excluding carboxylic acids is 4. The van der Waals surface area contributed by atoms with Crippen LogP contribution in [-0.2, 0) is 16.0 Å². The van der Waals surface area contributed by atoms with Gasteiger partial charge in [0.05, 0.1) is 16.8 Å². The zero-order valence-corrected chi connectivity index (χ0v) is 18.2. The first-order valence-corrected chi connectivity index (χ1v) is 10.6. The first kappa shape index (κ1) is 21.2. The Morgan fingerprint density at radius 1 is 1.16 bits per heavy atom. The molecule has 4 amide bonds. The fourth-order valence-corrected chi connectivity index (χ4v) is 4.25. The van der Waals surface area contributed by atoms with Gasteiger partial charge in [-0.2, -0.15) is 0 Å². The highest BCUT2D eigenvalue weighted by molar-refractivity contribution is 9.10. The second-order valence-corrected chi connectivity index (χ2v) is 8.41. The van der Waals surface area contributed by atoms with Crippen LogP contribution in [0, 0.1) is 12.7 Å². The van der Waals surface area contributed by atoms with Gasteiger partial charge >= 0.3 is 0 Å². The number of nitrogens with zero attached hydrogens (tertiary/aromatic N) is 1. The average Bonchev–Trinajstić information content (AvgIpc) is 2.97. The third-order valence-corrected chi connectivity index (χ3v) is 6.36. The van der Waals surface area contributed by atoms with Crippen LogP contribution in [0.4, 0.5) is 10.1 Å². The predicted octanol–water partition coefficient (Wildman–Crippen LogP) is 2.95. The minimum absolute atomic E-state index is 0.0232. The van der Waals surface area contributed by atoms with Gasteiger partial charge in [-0.3, -0.25) is 29.4 Å². The molecule has 31 heavy (non-hydrogen) atoms. The van der Waals surface area contributed by atoms with Crippen molar-refractivity contribution >= 4 is 45.2 Å². The van der Waals surface area contributed by atoms with E-state index in [9.17, 15) is 23.6 Å². The smallest absolute Gasteiger partial charge is 0.264 e. The van der Waals surface area contributed by atoms with Crippen LogP contribution in [0.2, 0.25) is 0 Å². The molecule has 1 atom stereocenters. The SMILES string of the molecule is Cc1ccc(CCNc2c(F)ccc3c2C(=O)N(C2CCC(=O)NC2=O)C3=O)cc1Br. The van der Waals surface area contributed by atoms with E-state index < -0.39 is 35.5 Å². The number of imide groups is 2. The molecule has 2 N–H and O–H groups in total. The van der Waals surface area contributed by atoms with Crippen LogP contribution in [0.25, 0.3) is 0 Å². The number of aryl methyl sites for hydroxylation is 1. The monoisotopic (exact) mass is 487 g/mol. The Labute approximate surface area is 186 Å². The number of nitrogens with one attached hydrogen (secondary N) is 2. The van der Waals surface area contributed by atoms with Crippen LogP contribution in [-0.4, -0.2) is 41.1 Å². The van der Waals surface area contributed by atoms with Crippen molar-refractivity contribution in [1.29, 1.82) is 0 Å². The van der Waals surface area contributed by atoms with Crippen molar-refractivity contribution < 1.29 is 23.6 Å². The van der Waals surface area contributed by atoms with Crippen molar-refractivity contribution in [3.05, 3.63) is 62.9 Å². The van der Waals surface area contributed by atoms with Crippen molar-refractivity contribution in [2.45, 2.75) is 32.2 Å². The summed E-state index contributed by atoms with van der Waals surface area (Å²) < 4.78 is 15.6. The lowest BCUT2D eigenvalue weighted by Crippen LogP contribution is -2.54.